The van der Waals surface area contributed by atoms with E-state index < -0.39 is 0 Å². The van der Waals surface area contributed by atoms with Crippen LogP contribution in [0.4, 0.5) is 0 Å². The number of benzene rings is 2. The maximum Gasteiger partial charge on any atom is 0.0526 e. The van der Waals surface area contributed by atoms with E-state index in [0.29, 0.717) is 0 Å². The minimum Gasteiger partial charge on any atom is -0.305 e. The van der Waals surface area contributed by atoms with Crippen molar-refractivity contribution in [2.75, 3.05) is 0 Å². The molecule has 1 aliphatic carbocycles. The average Bonchev–Trinajstić information content (AvgIpc) is 2.93. The quantitative estimate of drug-likeness (QED) is 0.173. The van der Waals surface area contributed by atoms with Gasteiger partial charge in [-0.05, 0) is 61.3 Å². The Morgan fingerprint density at radius 1 is 0.650 bits per heavy atom. The third kappa shape index (κ3) is 5.57. The van der Waals surface area contributed by atoms with Crippen molar-refractivity contribution in [1.29, 1.82) is 0 Å². The van der Waals surface area contributed by atoms with Crippen LogP contribution in [0.3, 0.4) is 0 Å². The third-order valence-corrected chi connectivity index (χ3v) is 8.20. The first kappa shape index (κ1) is 29.5. The Bertz CT molecular complexity index is 1640. The molecule has 0 bridgehead atoms. The summed E-state index contributed by atoms with van der Waals surface area (Å²) < 4.78 is 0. The largest absolute Gasteiger partial charge is 0.305 e. The van der Waals surface area contributed by atoms with Gasteiger partial charge in [0.2, 0.25) is 0 Å². The Hall–Kier alpha value is -3.46. The van der Waals surface area contributed by atoms with Gasteiger partial charge in [-0.15, -0.1) is 65.2 Å². The number of aryl methyl sites for hydroxylation is 3. The van der Waals surface area contributed by atoms with Crippen LogP contribution in [0.5, 0.6) is 0 Å². The molecule has 3 nitrogen and oxygen atoms in total. The monoisotopic (exact) mass is 702 g/mol. The Labute approximate surface area is 252 Å². The summed E-state index contributed by atoms with van der Waals surface area (Å²) in [5, 5.41) is 0. The molecule has 4 heteroatoms. The molecule has 3 aromatic heterocycles. The molecule has 40 heavy (non-hydrogen) atoms. The second-order valence-electron chi connectivity index (χ2n) is 11.5. The van der Waals surface area contributed by atoms with E-state index >= 15 is 0 Å². The molecule has 0 fully saturated rings. The van der Waals surface area contributed by atoms with E-state index in [1.54, 1.807) is 0 Å². The molecule has 2 aromatic carbocycles. The van der Waals surface area contributed by atoms with Crippen LogP contribution < -0.4 is 0 Å². The molecule has 6 rings (SSSR count). The zero-order valence-corrected chi connectivity index (χ0v) is 26.7. The molecule has 0 amide bonds. The van der Waals surface area contributed by atoms with Gasteiger partial charge in [0.25, 0.3) is 0 Å². The summed E-state index contributed by atoms with van der Waals surface area (Å²) in [4.78, 5) is 13.8. The van der Waals surface area contributed by atoms with E-state index in [-0.39, 0.29) is 30.9 Å². The Morgan fingerprint density at radius 3 is 1.90 bits per heavy atom. The zero-order chi connectivity index (χ0) is 27.8. The molecule has 3 heterocycles. The van der Waals surface area contributed by atoms with E-state index in [4.69, 9.17) is 4.98 Å². The van der Waals surface area contributed by atoms with Crippen molar-refractivity contribution in [2.24, 2.45) is 0 Å². The summed E-state index contributed by atoms with van der Waals surface area (Å²) in [5.74, 6) is 0. The molecule has 1 aliphatic rings. The van der Waals surface area contributed by atoms with Crippen LogP contribution in [0.15, 0.2) is 85.2 Å². The molecule has 0 N–H and O–H groups in total. The summed E-state index contributed by atoms with van der Waals surface area (Å²) in [5.41, 5.74) is 12.5. The topological polar surface area (TPSA) is 38.7 Å². The van der Waals surface area contributed by atoms with Crippen LogP contribution in [0, 0.1) is 32.9 Å². The van der Waals surface area contributed by atoms with Crippen LogP contribution in [0.1, 0.15) is 55.8 Å². The average molecular weight is 702 g/mol. The number of rotatable bonds is 2. The smallest absolute Gasteiger partial charge is 0.0526 e. The van der Waals surface area contributed by atoms with Crippen LogP contribution in [-0.2, 0) is 30.9 Å². The summed E-state index contributed by atoms with van der Waals surface area (Å²) in [6.45, 7) is 15.5. The van der Waals surface area contributed by atoms with Crippen molar-refractivity contribution in [3.63, 3.8) is 0 Å². The van der Waals surface area contributed by atoms with Crippen molar-refractivity contribution in [1.82, 2.24) is 15.0 Å². The van der Waals surface area contributed by atoms with E-state index in [2.05, 4.69) is 107 Å². The number of hydrogen-bond donors (Lipinski definition) is 0. The maximum absolute atomic E-state index is 4.95. The standard InChI is InChI=1S/C24H25N2.C12H10N.Ir/c1-15-11-12-25-21(13-15)17-8-10-20-19(14-17)18-9-7-16(2)26-22(18)24(5,6)23(20,3)4;1-10-7-8-13-12(9-10)11-5-3-2-4-6-11;/h7,9-14H,1-6H3;2-5,7-9H,1H3;/q2*-1;. The van der Waals surface area contributed by atoms with Crippen LogP contribution in [0.2, 0.25) is 0 Å². The van der Waals surface area contributed by atoms with Gasteiger partial charge in [0.1, 0.15) is 0 Å². The minimum absolute atomic E-state index is 0. The fourth-order valence-corrected chi connectivity index (χ4v) is 5.18. The second kappa shape index (κ2) is 11.6. The number of nitrogens with zero attached hydrogens (tertiary/aromatic N) is 3. The Morgan fingerprint density at radius 2 is 1.30 bits per heavy atom. The van der Waals surface area contributed by atoms with Gasteiger partial charge in [0.05, 0.1) is 5.69 Å². The second-order valence-corrected chi connectivity index (χ2v) is 11.5. The molecular weight excluding hydrogens is 667 g/mol. The zero-order valence-electron chi connectivity index (χ0n) is 24.3. The molecule has 205 valence electrons. The third-order valence-electron chi connectivity index (χ3n) is 8.20. The minimum atomic E-state index is -0.0572. The van der Waals surface area contributed by atoms with Gasteiger partial charge in [-0.25, -0.2) is 0 Å². The normalized spacial score (nSPS) is 14.1. The fourth-order valence-electron chi connectivity index (χ4n) is 5.18. The number of aromatic nitrogens is 3. The molecule has 0 saturated heterocycles. The van der Waals surface area contributed by atoms with E-state index in [9.17, 15) is 0 Å². The van der Waals surface area contributed by atoms with Gasteiger partial charge >= 0.3 is 0 Å². The summed E-state index contributed by atoms with van der Waals surface area (Å²) in [6.07, 6.45) is 3.69. The van der Waals surface area contributed by atoms with Crippen LogP contribution >= 0.6 is 0 Å². The summed E-state index contributed by atoms with van der Waals surface area (Å²) in [7, 11) is 0. The van der Waals surface area contributed by atoms with Crippen molar-refractivity contribution < 1.29 is 20.1 Å². The van der Waals surface area contributed by atoms with Gasteiger partial charge in [0, 0.05) is 43.6 Å². The molecule has 0 aliphatic heterocycles. The van der Waals surface area contributed by atoms with Crippen molar-refractivity contribution in [3.8, 4) is 33.6 Å². The fraction of sp³-hybridized carbons (Fsp3) is 0.250. The number of fused-ring (bicyclic) bond motifs is 3. The predicted octanol–water partition coefficient (Wildman–Crippen LogP) is 8.65. The molecule has 0 spiro atoms. The van der Waals surface area contributed by atoms with E-state index in [1.165, 1.54) is 33.5 Å². The Kier molecular flexibility index (Phi) is 8.54. The number of pyridine rings is 3. The SMILES string of the molecule is Cc1ccnc(-c2[c-]cc3c(c2)-c2ccc(C)nc2C(C)(C)C3(C)C)c1.Cc1ccnc(-c2[c-]cccc2)c1.[Ir]. The first-order chi connectivity index (χ1) is 18.6. The van der Waals surface area contributed by atoms with Crippen molar-refractivity contribution >= 4 is 0 Å². The van der Waals surface area contributed by atoms with Gasteiger partial charge in [-0.2, -0.15) is 0 Å². The molecule has 5 aromatic rings. The Balaban J connectivity index is 0.000000223. The molecule has 1 radical (unpaired) electrons. The molecule has 0 saturated carbocycles. The van der Waals surface area contributed by atoms with Crippen LogP contribution in [0.25, 0.3) is 33.6 Å². The van der Waals surface area contributed by atoms with Crippen molar-refractivity contribution in [2.45, 2.75) is 59.3 Å². The van der Waals surface area contributed by atoms with E-state index in [0.717, 1.165) is 28.2 Å². The van der Waals surface area contributed by atoms with Gasteiger partial charge in [-0.1, -0.05) is 62.6 Å². The predicted molar refractivity (Wildman–Crippen MR) is 161 cm³/mol. The van der Waals surface area contributed by atoms with E-state index in [1.807, 2.05) is 48.8 Å². The first-order valence-corrected chi connectivity index (χ1v) is 13.5. The first-order valence-electron chi connectivity index (χ1n) is 13.5. The van der Waals surface area contributed by atoms with Gasteiger partial charge in [-0.3, -0.25) is 4.98 Å². The molecule has 0 unspecified atom stereocenters. The molecular formula is C36H35IrN3-2. The van der Waals surface area contributed by atoms with Crippen LogP contribution in [-0.4, -0.2) is 15.0 Å². The summed E-state index contributed by atoms with van der Waals surface area (Å²) in [6, 6.07) is 31.4. The number of hydrogen-bond acceptors (Lipinski definition) is 3. The van der Waals surface area contributed by atoms with Gasteiger partial charge < -0.3 is 9.97 Å². The summed E-state index contributed by atoms with van der Waals surface area (Å²) >= 11 is 0. The van der Waals surface area contributed by atoms with Gasteiger partial charge in [0.15, 0.2) is 0 Å². The molecule has 0 atom stereocenters. The van der Waals surface area contributed by atoms with Crippen molar-refractivity contribution in [3.05, 3.63) is 125 Å². The maximum atomic E-state index is 4.95.